The molecule has 1 saturated carbocycles. The van der Waals surface area contributed by atoms with Gasteiger partial charge in [0.25, 0.3) is 5.91 Å². The molecule has 1 aromatic heterocycles. The highest BCUT2D eigenvalue weighted by atomic mass is 16.5. The molecule has 8 nitrogen and oxygen atoms in total. The molecule has 4 heterocycles. The predicted molar refractivity (Wildman–Crippen MR) is 143 cm³/mol. The van der Waals surface area contributed by atoms with E-state index in [1.54, 1.807) is 18.1 Å². The van der Waals surface area contributed by atoms with Gasteiger partial charge in [0.15, 0.2) is 0 Å². The quantitative estimate of drug-likeness (QED) is 0.589. The minimum absolute atomic E-state index is 0.0573. The Morgan fingerprint density at radius 3 is 2.41 bits per heavy atom. The van der Waals surface area contributed by atoms with Gasteiger partial charge in [-0.05, 0) is 68.9 Å². The number of anilines is 2. The number of hydrogen-bond acceptors (Lipinski definition) is 7. The number of pyridine rings is 1. The number of methoxy groups -OCH3 is 1. The van der Waals surface area contributed by atoms with Gasteiger partial charge >= 0.3 is 0 Å². The van der Waals surface area contributed by atoms with Gasteiger partial charge in [0.2, 0.25) is 5.88 Å². The Morgan fingerprint density at radius 2 is 1.73 bits per heavy atom. The van der Waals surface area contributed by atoms with Crippen molar-refractivity contribution in [3.05, 3.63) is 42.5 Å². The van der Waals surface area contributed by atoms with Crippen LogP contribution in [0, 0.1) is 0 Å². The molecule has 3 aliphatic heterocycles. The van der Waals surface area contributed by atoms with Gasteiger partial charge < -0.3 is 24.0 Å². The number of carbonyl (C=O) groups is 1. The summed E-state index contributed by atoms with van der Waals surface area (Å²) < 4.78 is 17.7. The minimum Gasteiger partial charge on any atom is -0.490 e. The fourth-order valence-electron chi connectivity index (χ4n) is 6.10. The summed E-state index contributed by atoms with van der Waals surface area (Å²) >= 11 is 0. The zero-order chi connectivity index (χ0) is 25.2. The maximum absolute atomic E-state index is 12.6. The lowest BCUT2D eigenvalue weighted by Crippen LogP contribution is -2.59. The Labute approximate surface area is 219 Å². The van der Waals surface area contributed by atoms with Gasteiger partial charge in [-0.3, -0.25) is 9.69 Å². The van der Waals surface area contributed by atoms with Crippen molar-refractivity contribution in [2.45, 2.75) is 62.7 Å². The van der Waals surface area contributed by atoms with Crippen molar-refractivity contribution < 1.29 is 19.0 Å². The van der Waals surface area contributed by atoms with Crippen LogP contribution in [-0.2, 0) is 9.53 Å². The minimum atomic E-state index is -0.341. The summed E-state index contributed by atoms with van der Waals surface area (Å²) in [5, 5.41) is 0. The number of ether oxygens (including phenoxy) is 3. The maximum Gasteiger partial charge on any atom is 0.254 e. The molecule has 0 N–H and O–H groups in total. The standard InChI is InChI=1S/C29H38N4O4/c1-35-27-7-3-6-26(30-27)33-21-29(36-20-28(33)34)14-18-32(19-15-29)23-8-10-24(11-9-23)37-25-12-16-31(17-13-25)22-4-2-5-22/h3,6-11,22,25H,2,4-5,12-21H2,1H3. The zero-order valence-corrected chi connectivity index (χ0v) is 21.8. The molecular formula is C29H38N4O4. The van der Waals surface area contributed by atoms with Crippen LogP contribution >= 0.6 is 0 Å². The van der Waals surface area contributed by atoms with E-state index < -0.39 is 0 Å². The number of aromatic nitrogens is 1. The van der Waals surface area contributed by atoms with E-state index >= 15 is 0 Å². The first-order chi connectivity index (χ1) is 18.1. The Morgan fingerprint density at radius 1 is 0.973 bits per heavy atom. The monoisotopic (exact) mass is 506 g/mol. The zero-order valence-electron chi connectivity index (χ0n) is 21.8. The number of likely N-dealkylation sites (tertiary alicyclic amines) is 1. The summed E-state index contributed by atoms with van der Waals surface area (Å²) in [5.41, 5.74) is 0.868. The van der Waals surface area contributed by atoms with E-state index in [9.17, 15) is 4.79 Å². The van der Waals surface area contributed by atoms with Crippen LogP contribution in [0.15, 0.2) is 42.5 Å². The van der Waals surface area contributed by atoms with Crippen LogP contribution in [0.1, 0.15) is 44.9 Å². The van der Waals surface area contributed by atoms with Crippen LogP contribution in [0.5, 0.6) is 11.6 Å². The molecule has 0 unspecified atom stereocenters. The van der Waals surface area contributed by atoms with Gasteiger partial charge in [0.05, 0.1) is 19.3 Å². The number of carbonyl (C=O) groups excluding carboxylic acids is 1. The highest BCUT2D eigenvalue weighted by Gasteiger charge is 2.43. The third-order valence-corrected chi connectivity index (χ3v) is 8.69. The summed E-state index contributed by atoms with van der Waals surface area (Å²) in [5.74, 6) is 2.04. The molecule has 6 rings (SSSR count). The number of amides is 1. The topological polar surface area (TPSA) is 67.4 Å². The van der Waals surface area contributed by atoms with Crippen molar-refractivity contribution in [3.8, 4) is 11.6 Å². The highest BCUT2D eigenvalue weighted by molar-refractivity contribution is 5.94. The van der Waals surface area contributed by atoms with Gasteiger partial charge in [-0.2, -0.15) is 4.98 Å². The molecule has 0 atom stereocenters. The Bertz CT molecular complexity index is 1070. The molecule has 4 aliphatic rings. The summed E-state index contributed by atoms with van der Waals surface area (Å²) in [7, 11) is 1.59. The average molecular weight is 507 g/mol. The van der Waals surface area contributed by atoms with Crippen LogP contribution in [0.2, 0.25) is 0 Å². The average Bonchev–Trinajstić information content (AvgIpc) is 2.91. The largest absolute Gasteiger partial charge is 0.490 e. The summed E-state index contributed by atoms with van der Waals surface area (Å²) in [4.78, 5) is 23.9. The molecule has 8 heteroatoms. The molecule has 1 spiro atoms. The number of nitrogens with zero attached hydrogens (tertiary/aromatic N) is 4. The number of piperidine rings is 2. The summed E-state index contributed by atoms with van der Waals surface area (Å²) in [6, 6.07) is 14.9. The number of benzene rings is 1. The van der Waals surface area contributed by atoms with Crippen LogP contribution in [0.25, 0.3) is 0 Å². The molecular weight excluding hydrogens is 468 g/mol. The molecule has 37 heavy (non-hydrogen) atoms. The number of morpholine rings is 1. The van der Waals surface area contributed by atoms with Crippen LogP contribution in [-0.4, -0.2) is 80.0 Å². The Hall–Kier alpha value is -2.84. The van der Waals surface area contributed by atoms with Gasteiger partial charge in [0.1, 0.15) is 24.3 Å². The second kappa shape index (κ2) is 10.5. The van der Waals surface area contributed by atoms with Crippen molar-refractivity contribution >= 4 is 17.4 Å². The first-order valence-corrected chi connectivity index (χ1v) is 13.8. The van der Waals surface area contributed by atoms with Gasteiger partial charge in [0, 0.05) is 44.0 Å². The SMILES string of the molecule is COc1cccc(N2CC3(CCN(c4ccc(OC5CCN(C6CCC6)CC5)cc4)CC3)OCC2=O)n1. The van der Waals surface area contributed by atoms with Crippen LogP contribution in [0.4, 0.5) is 11.5 Å². The third kappa shape index (κ3) is 5.27. The molecule has 1 amide bonds. The Balaban J connectivity index is 1.02. The third-order valence-electron chi connectivity index (χ3n) is 8.69. The van der Waals surface area contributed by atoms with E-state index in [4.69, 9.17) is 14.2 Å². The van der Waals surface area contributed by atoms with E-state index in [0.717, 1.165) is 50.6 Å². The first kappa shape index (κ1) is 24.5. The van der Waals surface area contributed by atoms with Crippen molar-refractivity contribution in [2.75, 3.05) is 56.2 Å². The van der Waals surface area contributed by atoms with Crippen LogP contribution < -0.4 is 19.3 Å². The number of hydrogen-bond donors (Lipinski definition) is 0. The van der Waals surface area contributed by atoms with Crippen molar-refractivity contribution in [3.63, 3.8) is 0 Å². The Kier molecular flexibility index (Phi) is 6.95. The van der Waals surface area contributed by atoms with E-state index in [1.807, 2.05) is 12.1 Å². The van der Waals surface area contributed by atoms with Gasteiger partial charge in [-0.15, -0.1) is 0 Å². The van der Waals surface area contributed by atoms with E-state index in [-0.39, 0.29) is 18.1 Å². The highest BCUT2D eigenvalue weighted by Crippen LogP contribution is 2.35. The first-order valence-electron chi connectivity index (χ1n) is 13.8. The van der Waals surface area contributed by atoms with Crippen molar-refractivity contribution in [2.24, 2.45) is 0 Å². The molecule has 0 bridgehead atoms. The van der Waals surface area contributed by atoms with Gasteiger partial charge in [-0.1, -0.05) is 12.5 Å². The van der Waals surface area contributed by atoms with Crippen molar-refractivity contribution in [1.29, 1.82) is 0 Å². The lowest BCUT2D eigenvalue weighted by molar-refractivity contribution is -0.141. The van der Waals surface area contributed by atoms with Gasteiger partial charge in [-0.25, -0.2) is 0 Å². The second-order valence-electron chi connectivity index (χ2n) is 10.9. The molecule has 198 valence electrons. The lowest BCUT2D eigenvalue weighted by Gasteiger charge is -2.47. The van der Waals surface area contributed by atoms with E-state index in [0.29, 0.717) is 24.3 Å². The molecule has 3 saturated heterocycles. The summed E-state index contributed by atoms with van der Waals surface area (Å²) in [6.07, 6.45) is 8.45. The van der Waals surface area contributed by atoms with E-state index in [2.05, 4.69) is 39.0 Å². The lowest BCUT2D eigenvalue weighted by atomic mass is 9.89. The fraction of sp³-hybridized carbons (Fsp3) is 0.586. The van der Waals surface area contributed by atoms with E-state index in [1.165, 1.54) is 38.0 Å². The summed E-state index contributed by atoms with van der Waals surface area (Å²) in [6.45, 7) is 4.71. The normalized spacial score (nSPS) is 23.2. The smallest absolute Gasteiger partial charge is 0.254 e. The predicted octanol–water partition coefficient (Wildman–Crippen LogP) is 3.89. The second-order valence-corrected chi connectivity index (χ2v) is 10.9. The maximum atomic E-state index is 12.6. The molecule has 0 radical (unpaired) electrons. The number of rotatable bonds is 6. The molecule has 1 aliphatic carbocycles. The fourth-order valence-corrected chi connectivity index (χ4v) is 6.10. The van der Waals surface area contributed by atoms with Crippen molar-refractivity contribution in [1.82, 2.24) is 9.88 Å². The molecule has 4 fully saturated rings. The molecule has 2 aromatic rings. The van der Waals surface area contributed by atoms with Crippen LogP contribution in [0.3, 0.4) is 0 Å². The molecule has 1 aromatic carbocycles.